The molecule has 0 radical (unpaired) electrons. The highest BCUT2D eigenvalue weighted by Crippen LogP contribution is 2.32. The molecule has 3 heterocycles. The molecule has 3 aromatic heterocycles. The van der Waals surface area contributed by atoms with Gasteiger partial charge in [0.25, 0.3) is 12.3 Å². The van der Waals surface area contributed by atoms with Crippen molar-refractivity contribution in [2.75, 3.05) is 5.32 Å². The molecule has 0 atom stereocenters. The Labute approximate surface area is 153 Å². The normalized spacial score (nSPS) is 11.3. The molecule has 136 valence electrons. The Morgan fingerprint density at radius 1 is 1.19 bits per heavy atom. The van der Waals surface area contributed by atoms with Gasteiger partial charge in [-0.15, -0.1) is 0 Å². The van der Waals surface area contributed by atoms with Gasteiger partial charge in [0.1, 0.15) is 11.5 Å². The van der Waals surface area contributed by atoms with E-state index in [1.54, 1.807) is 66.5 Å². The molecule has 0 unspecified atom stereocenters. The van der Waals surface area contributed by atoms with Gasteiger partial charge < -0.3 is 14.9 Å². The molecule has 0 fully saturated rings. The van der Waals surface area contributed by atoms with Crippen LogP contribution in [-0.4, -0.2) is 20.4 Å². The van der Waals surface area contributed by atoms with Gasteiger partial charge in [-0.3, -0.25) is 4.79 Å². The molecule has 4 rings (SSSR count). The number of pyridine rings is 1. The second kappa shape index (κ2) is 6.68. The van der Waals surface area contributed by atoms with Crippen molar-refractivity contribution in [3.05, 3.63) is 72.2 Å². The number of H-pyrrole nitrogens is 1. The van der Waals surface area contributed by atoms with Crippen LogP contribution in [0.15, 0.2) is 60.9 Å². The summed E-state index contributed by atoms with van der Waals surface area (Å²) in [5, 5.41) is 3.51. The first-order valence-corrected chi connectivity index (χ1v) is 8.32. The summed E-state index contributed by atoms with van der Waals surface area (Å²) in [5.41, 5.74) is 2.20. The van der Waals surface area contributed by atoms with E-state index in [9.17, 15) is 13.6 Å². The quantitative estimate of drug-likeness (QED) is 0.547. The molecule has 7 heteroatoms. The predicted octanol–water partition coefficient (Wildman–Crippen LogP) is 4.76. The van der Waals surface area contributed by atoms with Crippen LogP contribution in [0.4, 0.5) is 14.6 Å². The van der Waals surface area contributed by atoms with E-state index < -0.39 is 6.43 Å². The van der Waals surface area contributed by atoms with Crippen LogP contribution >= 0.6 is 0 Å². The molecule has 0 saturated heterocycles. The monoisotopic (exact) mass is 366 g/mol. The highest BCUT2D eigenvalue weighted by Gasteiger charge is 2.16. The standard InChI is InChI=1S/C20H16F2N4O/c1-26-8-4-7-17(26)20(27)25-18-10-15-12(11-23-18)9-16(24-15)13-5-2-3-6-14(13)19(21)22/h2-11,19,24H,1H3,(H,23,25,27). The molecule has 1 amide bonds. The topological polar surface area (TPSA) is 62.7 Å². The molecule has 0 saturated carbocycles. The van der Waals surface area contributed by atoms with Crippen LogP contribution in [0.5, 0.6) is 0 Å². The van der Waals surface area contributed by atoms with Gasteiger partial charge in [-0.1, -0.05) is 24.3 Å². The number of anilines is 1. The molecule has 0 aliphatic rings. The number of aryl methyl sites for hydroxylation is 1. The van der Waals surface area contributed by atoms with Crippen molar-refractivity contribution in [2.24, 2.45) is 7.05 Å². The molecule has 0 aliphatic carbocycles. The first-order valence-electron chi connectivity index (χ1n) is 8.32. The van der Waals surface area contributed by atoms with Crippen LogP contribution in [0, 0.1) is 0 Å². The van der Waals surface area contributed by atoms with E-state index in [-0.39, 0.29) is 11.5 Å². The smallest absolute Gasteiger partial charge is 0.273 e. The number of benzene rings is 1. The van der Waals surface area contributed by atoms with Gasteiger partial charge in [0.15, 0.2) is 0 Å². The number of aromatic amines is 1. The van der Waals surface area contributed by atoms with Crippen molar-refractivity contribution < 1.29 is 13.6 Å². The van der Waals surface area contributed by atoms with Crippen LogP contribution in [-0.2, 0) is 7.05 Å². The number of aromatic nitrogens is 3. The zero-order chi connectivity index (χ0) is 19.0. The lowest BCUT2D eigenvalue weighted by atomic mass is 10.1. The fraction of sp³-hybridized carbons (Fsp3) is 0.100. The van der Waals surface area contributed by atoms with Crippen molar-refractivity contribution in [1.82, 2.24) is 14.5 Å². The SMILES string of the molecule is Cn1cccc1C(=O)Nc1cc2[nH]c(-c3ccccc3C(F)F)cc2cn1. The van der Waals surface area contributed by atoms with E-state index in [1.165, 1.54) is 6.07 Å². The largest absolute Gasteiger partial charge is 0.354 e. The molecular formula is C20H16F2N4O. The van der Waals surface area contributed by atoms with Crippen molar-refractivity contribution in [3.63, 3.8) is 0 Å². The van der Waals surface area contributed by atoms with Gasteiger partial charge in [0.2, 0.25) is 0 Å². The summed E-state index contributed by atoms with van der Waals surface area (Å²) in [6.45, 7) is 0. The third-order valence-corrected chi connectivity index (χ3v) is 4.41. The summed E-state index contributed by atoms with van der Waals surface area (Å²) < 4.78 is 28.2. The number of amides is 1. The molecule has 2 N–H and O–H groups in total. The predicted molar refractivity (Wildman–Crippen MR) is 99.9 cm³/mol. The minimum Gasteiger partial charge on any atom is -0.354 e. The average molecular weight is 366 g/mol. The summed E-state index contributed by atoms with van der Waals surface area (Å²) in [4.78, 5) is 19.7. The minimum absolute atomic E-state index is 0.0331. The van der Waals surface area contributed by atoms with Crippen LogP contribution in [0.2, 0.25) is 0 Å². The fourth-order valence-electron chi connectivity index (χ4n) is 3.05. The molecule has 1 aromatic carbocycles. The second-order valence-corrected chi connectivity index (χ2v) is 6.19. The van der Waals surface area contributed by atoms with Crippen molar-refractivity contribution >= 4 is 22.6 Å². The first-order chi connectivity index (χ1) is 13.0. The van der Waals surface area contributed by atoms with E-state index in [4.69, 9.17) is 0 Å². The number of nitrogens with one attached hydrogen (secondary N) is 2. The minimum atomic E-state index is -2.56. The first kappa shape index (κ1) is 17.0. The number of nitrogens with zero attached hydrogens (tertiary/aromatic N) is 2. The maximum absolute atomic E-state index is 13.3. The van der Waals surface area contributed by atoms with Gasteiger partial charge in [-0.2, -0.15) is 0 Å². The zero-order valence-electron chi connectivity index (χ0n) is 14.4. The van der Waals surface area contributed by atoms with Crippen LogP contribution < -0.4 is 5.32 Å². The third-order valence-electron chi connectivity index (χ3n) is 4.41. The Morgan fingerprint density at radius 3 is 2.74 bits per heavy atom. The van der Waals surface area contributed by atoms with Gasteiger partial charge in [-0.05, 0) is 18.2 Å². The number of carbonyl (C=O) groups is 1. The molecule has 0 aliphatic heterocycles. The number of halogens is 2. The summed E-state index contributed by atoms with van der Waals surface area (Å²) in [5.74, 6) is 0.105. The Hall–Kier alpha value is -3.48. The Morgan fingerprint density at radius 2 is 2.00 bits per heavy atom. The molecular weight excluding hydrogens is 350 g/mol. The van der Waals surface area contributed by atoms with E-state index in [1.807, 2.05) is 0 Å². The number of alkyl halides is 2. The molecule has 4 aromatic rings. The van der Waals surface area contributed by atoms with E-state index in [0.29, 0.717) is 28.3 Å². The number of fused-ring (bicyclic) bond motifs is 1. The average Bonchev–Trinajstić information content (AvgIpc) is 3.27. The van der Waals surface area contributed by atoms with E-state index in [2.05, 4.69) is 15.3 Å². The summed E-state index contributed by atoms with van der Waals surface area (Å²) >= 11 is 0. The zero-order valence-corrected chi connectivity index (χ0v) is 14.4. The fourth-order valence-corrected chi connectivity index (χ4v) is 3.05. The highest BCUT2D eigenvalue weighted by atomic mass is 19.3. The highest BCUT2D eigenvalue weighted by molar-refractivity contribution is 6.03. The van der Waals surface area contributed by atoms with Crippen LogP contribution in [0.1, 0.15) is 22.5 Å². The lowest BCUT2D eigenvalue weighted by Crippen LogP contribution is -2.16. The van der Waals surface area contributed by atoms with Crippen LogP contribution in [0.3, 0.4) is 0 Å². The number of carbonyl (C=O) groups excluding carboxylic acids is 1. The van der Waals surface area contributed by atoms with Gasteiger partial charge in [0.05, 0.1) is 5.52 Å². The number of rotatable bonds is 4. The van der Waals surface area contributed by atoms with Crippen LogP contribution in [0.25, 0.3) is 22.2 Å². The lowest BCUT2D eigenvalue weighted by Gasteiger charge is -2.06. The molecule has 0 spiro atoms. The Bertz CT molecular complexity index is 1130. The number of hydrogen-bond donors (Lipinski definition) is 2. The Balaban J connectivity index is 1.67. The van der Waals surface area contributed by atoms with Crippen molar-refractivity contribution in [1.29, 1.82) is 0 Å². The molecule has 5 nitrogen and oxygen atoms in total. The molecule has 27 heavy (non-hydrogen) atoms. The Kier molecular flexibility index (Phi) is 4.19. The molecule has 0 bridgehead atoms. The maximum Gasteiger partial charge on any atom is 0.273 e. The summed E-state index contributed by atoms with van der Waals surface area (Å²) in [6.07, 6.45) is 0.815. The third kappa shape index (κ3) is 3.19. The van der Waals surface area contributed by atoms with E-state index >= 15 is 0 Å². The maximum atomic E-state index is 13.3. The number of hydrogen-bond acceptors (Lipinski definition) is 2. The van der Waals surface area contributed by atoms with Gasteiger partial charge in [-0.25, -0.2) is 13.8 Å². The summed E-state index contributed by atoms with van der Waals surface area (Å²) in [7, 11) is 1.78. The van der Waals surface area contributed by atoms with Gasteiger partial charge in [0, 0.05) is 47.7 Å². The van der Waals surface area contributed by atoms with Gasteiger partial charge >= 0.3 is 0 Å². The van der Waals surface area contributed by atoms with E-state index in [0.717, 1.165) is 5.39 Å². The van der Waals surface area contributed by atoms with Crippen molar-refractivity contribution in [3.8, 4) is 11.3 Å². The van der Waals surface area contributed by atoms with Crippen molar-refractivity contribution in [2.45, 2.75) is 6.43 Å². The summed E-state index contributed by atoms with van der Waals surface area (Å²) in [6, 6.07) is 13.3. The second-order valence-electron chi connectivity index (χ2n) is 6.19. The lowest BCUT2D eigenvalue weighted by molar-refractivity contribution is 0.101.